The molecule has 2 heterocycles. The smallest absolute Gasteiger partial charge is 0.246 e. The van der Waals surface area contributed by atoms with Gasteiger partial charge in [-0.05, 0) is 62.5 Å². The van der Waals surface area contributed by atoms with Gasteiger partial charge in [0.15, 0.2) is 11.5 Å². The predicted octanol–water partition coefficient (Wildman–Crippen LogP) is 3.19. The topological polar surface area (TPSA) is 42.0 Å². The van der Waals surface area contributed by atoms with Gasteiger partial charge >= 0.3 is 0 Å². The van der Waals surface area contributed by atoms with Crippen molar-refractivity contribution in [2.24, 2.45) is 0 Å². The number of rotatable bonds is 6. The van der Waals surface area contributed by atoms with Crippen LogP contribution in [0.15, 0.2) is 24.3 Å². The van der Waals surface area contributed by atoms with Crippen LogP contribution in [0.4, 0.5) is 0 Å². The van der Waals surface area contributed by atoms with Crippen molar-refractivity contribution in [3.8, 4) is 11.5 Å². The molecule has 1 aromatic carbocycles. The molecule has 3 rings (SSSR count). The maximum atomic E-state index is 12.7. The van der Waals surface area contributed by atoms with Gasteiger partial charge in [0.25, 0.3) is 0 Å². The minimum atomic E-state index is 0.110. The summed E-state index contributed by atoms with van der Waals surface area (Å²) in [5, 5.41) is 0. The molecule has 5 nitrogen and oxygen atoms in total. The number of carbonyl (C=O) groups excluding carboxylic acids is 1. The van der Waals surface area contributed by atoms with Crippen molar-refractivity contribution in [1.29, 1.82) is 0 Å². The van der Waals surface area contributed by atoms with Crippen LogP contribution in [0.25, 0.3) is 6.08 Å². The highest BCUT2D eigenvalue weighted by atomic mass is 16.5. The molecule has 2 fully saturated rings. The Bertz CT molecular complexity index is 638. The third-order valence-corrected chi connectivity index (χ3v) is 5.40. The fraction of sp³-hybridized carbons (Fsp3) is 0.571. The Hall–Kier alpha value is -2.01. The van der Waals surface area contributed by atoms with Crippen LogP contribution in [0.5, 0.6) is 11.5 Å². The number of likely N-dealkylation sites (tertiary alicyclic amines) is 2. The van der Waals surface area contributed by atoms with E-state index in [1.807, 2.05) is 29.2 Å². The van der Waals surface area contributed by atoms with Crippen LogP contribution in [0, 0.1) is 0 Å². The number of carbonyl (C=O) groups is 1. The summed E-state index contributed by atoms with van der Waals surface area (Å²) in [7, 11) is 3.23. The summed E-state index contributed by atoms with van der Waals surface area (Å²) in [6, 6.07) is 6.03. The third-order valence-electron chi connectivity index (χ3n) is 5.40. The Labute approximate surface area is 156 Å². The molecule has 0 saturated carbocycles. The SMILES string of the molecule is COc1ccc(/C=C/C(=O)N2CCCC2CN2CCCCC2)cc1OC. The Morgan fingerprint density at radius 3 is 2.58 bits per heavy atom. The summed E-state index contributed by atoms with van der Waals surface area (Å²) in [6.45, 7) is 4.25. The molecule has 0 N–H and O–H groups in total. The van der Waals surface area contributed by atoms with Crippen molar-refractivity contribution in [3.63, 3.8) is 0 Å². The van der Waals surface area contributed by atoms with Gasteiger partial charge in [0.05, 0.1) is 14.2 Å². The van der Waals surface area contributed by atoms with Crippen molar-refractivity contribution in [3.05, 3.63) is 29.8 Å². The first-order valence-corrected chi connectivity index (χ1v) is 9.64. The van der Waals surface area contributed by atoms with E-state index in [9.17, 15) is 4.79 Å². The van der Waals surface area contributed by atoms with Gasteiger partial charge in [0.1, 0.15) is 0 Å². The fourth-order valence-corrected chi connectivity index (χ4v) is 3.98. The molecule has 0 aliphatic carbocycles. The minimum Gasteiger partial charge on any atom is -0.493 e. The van der Waals surface area contributed by atoms with E-state index in [1.54, 1.807) is 20.3 Å². The minimum absolute atomic E-state index is 0.110. The van der Waals surface area contributed by atoms with Gasteiger partial charge < -0.3 is 19.3 Å². The Morgan fingerprint density at radius 2 is 1.85 bits per heavy atom. The van der Waals surface area contributed by atoms with E-state index >= 15 is 0 Å². The lowest BCUT2D eigenvalue weighted by Gasteiger charge is -2.32. The molecule has 2 saturated heterocycles. The molecule has 0 spiro atoms. The molecular formula is C21H30N2O3. The lowest BCUT2D eigenvalue weighted by atomic mass is 10.1. The first-order chi connectivity index (χ1) is 12.7. The molecule has 1 atom stereocenters. The van der Waals surface area contributed by atoms with Gasteiger partial charge in [0.2, 0.25) is 5.91 Å². The summed E-state index contributed by atoms with van der Waals surface area (Å²) in [6.07, 6.45) is 9.70. The second-order valence-electron chi connectivity index (χ2n) is 7.14. The zero-order valence-corrected chi connectivity index (χ0v) is 15.9. The van der Waals surface area contributed by atoms with Crippen molar-refractivity contribution in [2.45, 2.75) is 38.1 Å². The van der Waals surface area contributed by atoms with Crippen LogP contribution in [-0.4, -0.2) is 62.1 Å². The molecule has 1 aromatic rings. The maximum Gasteiger partial charge on any atom is 0.246 e. The molecule has 1 amide bonds. The largest absolute Gasteiger partial charge is 0.493 e. The van der Waals surface area contributed by atoms with E-state index in [1.165, 1.54) is 32.4 Å². The van der Waals surface area contributed by atoms with Crippen molar-refractivity contribution in [1.82, 2.24) is 9.80 Å². The molecule has 2 aliphatic heterocycles. The zero-order valence-electron chi connectivity index (χ0n) is 15.9. The van der Waals surface area contributed by atoms with E-state index in [2.05, 4.69) is 4.90 Å². The van der Waals surface area contributed by atoms with E-state index in [0.29, 0.717) is 17.5 Å². The normalized spacial score (nSPS) is 21.3. The molecule has 26 heavy (non-hydrogen) atoms. The van der Waals surface area contributed by atoms with Crippen LogP contribution in [-0.2, 0) is 4.79 Å². The number of nitrogens with zero attached hydrogens (tertiary/aromatic N) is 2. The standard InChI is InChI=1S/C21H30N2O3/c1-25-19-10-8-17(15-20(19)26-2)9-11-21(24)23-14-6-7-18(23)16-22-12-4-3-5-13-22/h8-11,15,18H,3-7,12-14,16H2,1-2H3/b11-9+. The van der Waals surface area contributed by atoms with E-state index in [-0.39, 0.29) is 5.91 Å². The van der Waals surface area contributed by atoms with E-state index < -0.39 is 0 Å². The Kier molecular flexibility index (Phi) is 6.56. The summed E-state index contributed by atoms with van der Waals surface area (Å²) in [5.74, 6) is 1.47. The molecule has 0 aromatic heterocycles. The van der Waals surface area contributed by atoms with Crippen LogP contribution in [0.1, 0.15) is 37.7 Å². The molecule has 0 radical (unpaired) electrons. The summed E-state index contributed by atoms with van der Waals surface area (Å²) >= 11 is 0. The number of ether oxygens (including phenoxy) is 2. The Morgan fingerprint density at radius 1 is 1.08 bits per heavy atom. The van der Waals surface area contributed by atoms with Crippen LogP contribution < -0.4 is 9.47 Å². The van der Waals surface area contributed by atoms with Gasteiger partial charge in [-0.15, -0.1) is 0 Å². The predicted molar refractivity (Wildman–Crippen MR) is 104 cm³/mol. The average molecular weight is 358 g/mol. The van der Waals surface area contributed by atoms with E-state index in [4.69, 9.17) is 9.47 Å². The van der Waals surface area contributed by atoms with Gasteiger partial charge in [-0.25, -0.2) is 0 Å². The van der Waals surface area contributed by atoms with Gasteiger partial charge in [-0.3, -0.25) is 4.79 Å². The zero-order chi connectivity index (χ0) is 18.4. The third kappa shape index (κ3) is 4.58. The molecule has 142 valence electrons. The number of piperidine rings is 1. The van der Waals surface area contributed by atoms with Gasteiger partial charge in [0, 0.05) is 25.2 Å². The highest BCUT2D eigenvalue weighted by Gasteiger charge is 2.29. The number of hydrogen-bond acceptors (Lipinski definition) is 4. The summed E-state index contributed by atoms with van der Waals surface area (Å²) in [4.78, 5) is 17.3. The highest BCUT2D eigenvalue weighted by Crippen LogP contribution is 2.28. The molecular weight excluding hydrogens is 328 g/mol. The van der Waals surface area contributed by atoms with Crippen LogP contribution in [0.3, 0.4) is 0 Å². The average Bonchev–Trinajstić information content (AvgIpc) is 3.14. The number of methoxy groups -OCH3 is 2. The second-order valence-corrected chi connectivity index (χ2v) is 7.14. The number of amides is 1. The number of hydrogen-bond donors (Lipinski definition) is 0. The molecule has 2 aliphatic rings. The summed E-state index contributed by atoms with van der Waals surface area (Å²) in [5.41, 5.74) is 0.933. The summed E-state index contributed by atoms with van der Waals surface area (Å²) < 4.78 is 10.6. The first-order valence-electron chi connectivity index (χ1n) is 9.64. The van der Waals surface area contributed by atoms with Gasteiger partial charge in [-0.1, -0.05) is 12.5 Å². The van der Waals surface area contributed by atoms with E-state index in [0.717, 1.165) is 31.5 Å². The van der Waals surface area contributed by atoms with Crippen molar-refractivity contribution >= 4 is 12.0 Å². The Balaban J connectivity index is 1.61. The van der Waals surface area contributed by atoms with Gasteiger partial charge in [-0.2, -0.15) is 0 Å². The second kappa shape index (κ2) is 9.08. The lowest BCUT2D eigenvalue weighted by molar-refractivity contribution is -0.127. The molecule has 5 heteroatoms. The molecule has 1 unspecified atom stereocenters. The van der Waals surface area contributed by atoms with Crippen LogP contribution in [0.2, 0.25) is 0 Å². The molecule has 0 bridgehead atoms. The van der Waals surface area contributed by atoms with Crippen molar-refractivity contribution < 1.29 is 14.3 Å². The first kappa shape index (κ1) is 18.8. The number of benzene rings is 1. The quantitative estimate of drug-likeness (QED) is 0.733. The lowest BCUT2D eigenvalue weighted by Crippen LogP contribution is -2.44. The van der Waals surface area contributed by atoms with Crippen LogP contribution >= 0.6 is 0 Å². The van der Waals surface area contributed by atoms with Crippen molar-refractivity contribution in [2.75, 3.05) is 40.4 Å². The monoisotopic (exact) mass is 358 g/mol. The highest BCUT2D eigenvalue weighted by molar-refractivity contribution is 5.92. The fourth-order valence-electron chi connectivity index (χ4n) is 3.98. The maximum absolute atomic E-state index is 12.7.